The number of aryl methyl sites for hydroxylation is 1. The van der Waals surface area contributed by atoms with Gasteiger partial charge in [0.15, 0.2) is 0 Å². The van der Waals surface area contributed by atoms with Gasteiger partial charge in [-0.25, -0.2) is 0 Å². The molecular formula is C27H28N4. The van der Waals surface area contributed by atoms with Crippen LogP contribution in [0.3, 0.4) is 0 Å². The summed E-state index contributed by atoms with van der Waals surface area (Å²) in [6, 6.07) is 17.4. The Morgan fingerprint density at radius 1 is 0.935 bits per heavy atom. The molecule has 1 aliphatic heterocycles. The summed E-state index contributed by atoms with van der Waals surface area (Å²) in [6.45, 7) is 3.06. The van der Waals surface area contributed by atoms with Gasteiger partial charge in [0.05, 0.1) is 0 Å². The quantitative estimate of drug-likeness (QED) is 0.494. The third-order valence-corrected chi connectivity index (χ3v) is 6.16. The van der Waals surface area contributed by atoms with Crippen LogP contribution >= 0.6 is 0 Å². The van der Waals surface area contributed by atoms with Gasteiger partial charge >= 0.3 is 0 Å². The zero-order chi connectivity index (χ0) is 21.0. The van der Waals surface area contributed by atoms with Crippen molar-refractivity contribution in [2.75, 3.05) is 0 Å². The summed E-state index contributed by atoms with van der Waals surface area (Å²) in [6.07, 6.45) is 12.2. The van der Waals surface area contributed by atoms with Crippen molar-refractivity contribution in [2.45, 2.75) is 52.0 Å². The van der Waals surface area contributed by atoms with Crippen molar-refractivity contribution in [2.24, 2.45) is 4.99 Å². The van der Waals surface area contributed by atoms with Crippen LogP contribution in [0.15, 0.2) is 71.4 Å². The first-order valence-electron chi connectivity index (χ1n) is 11.2. The van der Waals surface area contributed by atoms with Crippen molar-refractivity contribution in [3.05, 3.63) is 100 Å². The highest BCUT2D eigenvalue weighted by atomic mass is 15.3. The van der Waals surface area contributed by atoms with Crippen LogP contribution in [0.1, 0.15) is 53.2 Å². The number of aliphatic imine (C=N–C) groups is 1. The van der Waals surface area contributed by atoms with Crippen LogP contribution in [0.4, 0.5) is 0 Å². The topological polar surface area (TPSA) is 43.1 Å². The molecule has 0 saturated heterocycles. The molecule has 0 amide bonds. The van der Waals surface area contributed by atoms with E-state index in [4.69, 9.17) is 0 Å². The maximum absolute atomic E-state index is 4.65. The average molecular weight is 409 g/mol. The molecule has 2 heterocycles. The summed E-state index contributed by atoms with van der Waals surface area (Å²) in [4.78, 5) is 4.47. The molecule has 0 atom stereocenters. The molecule has 0 saturated carbocycles. The first kappa shape index (κ1) is 19.7. The van der Waals surface area contributed by atoms with E-state index in [0.29, 0.717) is 0 Å². The lowest BCUT2D eigenvalue weighted by Crippen LogP contribution is -2.10. The second-order valence-electron chi connectivity index (χ2n) is 8.46. The lowest BCUT2D eigenvalue weighted by molar-refractivity contribution is 0.596. The molecule has 1 aliphatic carbocycles. The third-order valence-electron chi connectivity index (χ3n) is 6.16. The molecule has 0 radical (unpaired) electrons. The van der Waals surface area contributed by atoms with Crippen molar-refractivity contribution < 1.29 is 0 Å². The molecule has 4 heteroatoms. The van der Waals surface area contributed by atoms with E-state index in [9.17, 15) is 0 Å². The lowest BCUT2D eigenvalue weighted by Gasteiger charge is -2.12. The number of benzene rings is 2. The van der Waals surface area contributed by atoms with Gasteiger partial charge in [0, 0.05) is 37.7 Å². The molecule has 0 N–H and O–H groups in total. The summed E-state index contributed by atoms with van der Waals surface area (Å²) in [7, 11) is 0. The Kier molecular flexibility index (Phi) is 5.61. The van der Waals surface area contributed by atoms with E-state index in [-0.39, 0.29) is 0 Å². The average Bonchev–Trinajstić information content (AvgIpc) is 3.51. The number of allylic oxidation sites excluding steroid dienone is 4. The van der Waals surface area contributed by atoms with Crippen molar-refractivity contribution in [1.82, 2.24) is 14.8 Å². The Labute approximate surface area is 184 Å². The molecule has 0 unspecified atom stereocenters. The molecule has 2 aromatic carbocycles. The van der Waals surface area contributed by atoms with Gasteiger partial charge in [-0.05, 0) is 48.4 Å². The van der Waals surface area contributed by atoms with Gasteiger partial charge in [-0.2, -0.15) is 0 Å². The summed E-state index contributed by atoms with van der Waals surface area (Å²) in [5.74, 6) is 2.12. The Morgan fingerprint density at radius 3 is 2.65 bits per heavy atom. The largest absolute Gasteiger partial charge is 0.314 e. The third kappa shape index (κ3) is 4.43. The Hall–Kier alpha value is -3.27. The number of aromatic nitrogens is 3. The zero-order valence-electron chi connectivity index (χ0n) is 18.1. The molecule has 1 aromatic heterocycles. The van der Waals surface area contributed by atoms with E-state index in [0.717, 1.165) is 56.7 Å². The molecule has 0 fully saturated rings. The predicted molar refractivity (Wildman–Crippen MR) is 126 cm³/mol. The van der Waals surface area contributed by atoms with Gasteiger partial charge < -0.3 is 4.57 Å². The minimum Gasteiger partial charge on any atom is -0.314 e. The normalized spacial score (nSPS) is 14.6. The van der Waals surface area contributed by atoms with Crippen molar-refractivity contribution in [1.29, 1.82) is 0 Å². The molecule has 4 nitrogen and oxygen atoms in total. The van der Waals surface area contributed by atoms with Crippen molar-refractivity contribution in [3.8, 4) is 0 Å². The molecule has 5 rings (SSSR count). The number of nitrogens with zero attached hydrogens (tertiary/aromatic N) is 4. The SMILES string of the molecule is Cc1cccc(Cc2nnc(CC3=CCc4ccccc43)n2CCCC2=CCC=N2)c1. The van der Waals surface area contributed by atoms with Crippen LogP contribution in [0.2, 0.25) is 0 Å². The van der Waals surface area contributed by atoms with E-state index in [1.165, 1.54) is 33.5 Å². The van der Waals surface area contributed by atoms with Crippen molar-refractivity contribution in [3.63, 3.8) is 0 Å². The highest BCUT2D eigenvalue weighted by Crippen LogP contribution is 2.30. The Balaban J connectivity index is 1.38. The minimum atomic E-state index is 0.811. The maximum Gasteiger partial charge on any atom is 0.137 e. The zero-order valence-corrected chi connectivity index (χ0v) is 18.1. The van der Waals surface area contributed by atoms with Crippen molar-refractivity contribution >= 4 is 11.8 Å². The Bertz CT molecular complexity index is 1180. The number of rotatable bonds is 8. The molecule has 2 aliphatic rings. The highest BCUT2D eigenvalue weighted by molar-refractivity contribution is 5.74. The smallest absolute Gasteiger partial charge is 0.137 e. The standard InChI is InChI=1S/C27H28N4/c1-20-7-4-8-21(17-20)18-26-29-30-27(31(26)16-6-11-24-10-5-15-28-24)19-23-14-13-22-9-2-3-12-25(22)23/h2-4,7-10,12,14-15,17H,5-6,11,13,16,18-19H2,1H3. The molecular weight excluding hydrogens is 380 g/mol. The van der Waals surface area contributed by atoms with Crippen LogP contribution in [-0.2, 0) is 25.8 Å². The maximum atomic E-state index is 4.65. The molecule has 156 valence electrons. The number of fused-ring (bicyclic) bond motifs is 1. The van der Waals surface area contributed by atoms with E-state index in [2.05, 4.69) is 87.4 Å². The fourth-order valence-electron chi connectivity index (χ4n) is 4.59. The fraction of sp³-hybridized carbons (Fsp3) is 0.296. The number of hydrogen-bond acceptors (Lipinski definition) is 3. The van der Waals surface area contributed by atoms with E-state index in [1.54, 1.807) is 0 Å². The van der Waals surface area contributed by atoms with Crippen LogP contribution < -0.4 is 0 Å². The van der Waals surface area contributed by atoms with E-state index < -0.39 is 0 Å². The second kappa shape index (κ2) is 8.84. The summed E-state index contributed by atoms with van der Waals surface area (Å²) < 4.78 is 2.35. The first-order chi connectivity index (χ1) is 15.3. The minimum absolute atomic E-state index is 0.811. The van der Waals surface area contributed by atoms with E-state index in [1.807, 2.05) is 6.21 Å². The molecule has 3 aromatic rings. The van der Waals surface area contributed by atoms with Gasteiger partial charge in [0.2, 0.25) is 0 Å². The van der Waals surface area contributed by atoms with Crippen LogP contribution in [0.5, 0.6) is 0 Å². The van der Waals surface area contributed by atoms with Crippen LogP contribution in [0.25, 0.3) is 5.57 Å². The molecule has 31 heavy (non-hydrogen) atoms. The summed E-state index contributed by atoms with van der Waals surface area (Å²) in [5, 5.41) is 9.28. The van der Waals surface area contributed by atoms with Crippen LogP contribution in [0, 0.1) is 6.92 Å². The lowest BCUT2D eigenvalue weighted by atomic mass is 10.0. The molecule has 0 bridgehead atoms. The first-order valence-corrected chi connectivity index (χ1v) is 11.2. The van der Waals surface area contributed by atoms with Gasteiger partial charge in [0.25, 0.3) is 0 Å². The van der Waals surface area contributed by atoms with E-state index >= 15 is 0 Å². The monoisotopic (exact) mass is 408 g/mol. The second-order valence-corrected chi connectivity index (χ2v) is 8.46. The summed E-state index contributed by atoms with van der Waals surface area (Å²) in [5.41, 5.74) is 7.92. The molecule has 0 spiro atoms. The highest BCUT2D eigenvalue weighted by Gasteiger charge is 2.19. The van der Waals surface area contributed by atoms with Gasteiger partial charge in [-0.3, -0.25) is 4.99 Å². The van der Waals surface area contributed by atoms with Gasteiger partial charge in [-0.1, -0.05) is 66.2 Å². The summed E-state index contributed by atoms with van der Waals surface area (Å²) >= 11 is 0. The van der Waals surface area contributed by atoms with Gasteiger partial charge in [0.1, 0.15) is 11.6 Å². The number of hydrogen-bond donors (Lipinski definition) is 0. The van der Waals surface area contributed by atoms with Gasteiger partial charge in [-0.15, -0.1) is 10.2 Å². The van der Waals surface area contributed by atoms with Crippen LogP contribution in [-0.4, -0.2) is 21.0 Å². The predicted octanol–water partition coefficient (Wildman–Crippen LogP) is 5.50. The Morgan fingerprint density at radius 2 is 1.81 bits per heavy atom. The fourth-order valence-corrected chi connectivity index (χ4v) is 4.59.